The van der Waals surface area contributed by atoms with Crippen LogP contribution in [0, 0.1) is 0 Å². The highest BCUT2D eigenvalue weighted by molar-refractivity contribution is 8.00. The number of nitrogens with one attached hydrogen (secondary N) is 1. The molecule has 0 atom stereocenters. The Morgan fingerprint density at radius 1 is 1.07 bits per heavy atom. The summed E-state index contributed by atoms with van der Waals surface area (Å²) >= 11 is 1.22. The lowest BCUT2D eigenvalue weighted by molar-refractivity contribution is -0.147. The van der Waals surface area contributed by atoms with E-state index >= 15 is 0 Å². The number of methoxy groups -OCH3 is 1. The van der Waals surface area contributed by atoms with Crippen LogP contribution in [0.3, 0.4) is 0 Å². The first-order valence-corrected chi connectivity index (χ1v) is 9.55. The Morgan fingerprint density at radius 3 is 2.54 bits per heavy atom. The van der Waals surface area contributed by atoms with Crippen molar-refractivity contribution >= 4 is 35.2 Å². The maximum atomic E-state index is 12.1. The smallest absolute Gasteiger partial charge is 0.306 e. The summed E-state index contributed by atoms with van der Waals surface area (Å²) in [7, 11) is 1.57. The van der Waals surface area contributed by atoms with Crippen LogP contribution in [0.25, 0.3) is 0 Å². The number of nitrogens with two attached hydrogens (primary N) is 1. The van der Waals surface area contributed by atoms with Crippen molar-refractivity contribution in [2.75, 3.05) is 24.8 Å². The van der Waals surface area contributed by atoms with Gasteiger partial charge in [-0.1, -0.05) is 30.3 Å². The minimum Gasteiger partial charge on any atom is -0.496 e. The average molecular weight is 402 g/mol. The van der Waals surface area contributed by atoms with E-state index in [4.69, 9.17) is 15.2 Å². The van der Waals surface area contributed by atoms with E-state index in [1.54, 1.807) is 31.4 Å². The van der Waals surface area contributed by atoms with Gasteiger partial charge in [-0.05, 0) is 30.2 Å². The van der Waals surface area contributed by atoms with Crippen LogP contribution >= 0.6 is 11.8 Å². The molecule has 2 aromatic rings. The number of hydrogen-bond donors (Lipinski definition) is 2. The lowest BCUT2D eigenvalue weighted by Gasteiger charge is -2.11. The summed E-state index contributed by atoms with van der Waals surface area (Å²) in [6.45, 7) is -0.389. The SMILES string of the molecule is COc1ccccc1CCC(=O)OCC(=O)Nc1ccccc1SCC(N)=O. The largest absolute Gasteiger partial charge is 0.496 e. The zero-order chi connectivity index (χ0) is 20.4. The van der Waals surface area contributed by atoms with Gasteiger partial charge >= 0.3 is 5.97 Å². The maximum Gasteiger partial charge on any atom is 0.306 e. The summed E-state index contributed by atoms with van der Waals surface area (Å²) in [6.07, 6.45) is 0.593. The molecule has 0 radical (unpaired) electrons. The number of rotatable bonds is 10. The van der Waals surface area contributed by atoms with Crippen LogP contribution in [0.1, 0.15) is 12.0 Å². The van der Waals surface area contributed by atoms with E-state index in [1.807, 2.05) is 24.3 Å². The zero-order valence-electron chi connectivity index (χ0n) is 15.5. The van der Waals surface area contributed by atoms with Crippen molar-refractivity contribution < 1.29 is 23.9 Å². The van der Waals surface area contributed by atoms with E-state index in [0.717, 1.165) is 5.56 Å². The molecule has 0 aromatic heterocycles. The molecular formula is C20H22N2O5S. The summed E-state index contributed by atoms with van der Waals surface area (Å²) in [4.78, 5) is 35.6. The minimum atomic E-state index is -0.475. The Kier molecular flexibility index (Phi) is 8.36. The molecule has 0 aliphatic rings. The first kappa shape index (κ1) is 21.3. The Balaban J connectivity index is 1.81. The molecule has 0 saturated heterocycles. The number of carbonyl (C=O) groups excluding carboxylic acids is 3. The van der Waals surface area contributed by atoms with Crippen LogP contribution in [0.5, 0.6) is 5.75 Å². The number of hydrogen-bond acceptors (Lipinski definition) is 6. The summed E-state index contributed by atoms with van der Waals surface area (Å²) in [6, 6.07) is 14.4. The van der Waals surface area contributed by atoms with Gasteiger partial charge in [0.15, 0.2) is 6.61 Å². The molecule has 0 aliphatic carbocycles. The van der Waals surface area contributed by atoms with Gasteiger partial charge in [0.1, 0.15) is 5.75 Å². The number of amides is 2. The van der Waals surface area contributed by atoms with E-state index in [9.17, 15) is 14.4 Å². The molecule has 0 unspecified atom stereocenters. The second-order valence-electron chi connectivity index (χ2n) is 5.77. The summed E-state index contributed by atoms with van der Waals surface area (Å²) in [5.74, 6) is -0.575. The van der Waals surface area contributed by atoms with Crippen molar-refractivity contribution in [2.24, 2.45) is 5.73 Å². The van der Waals surface area contributed by atoms with Crippen LogP contribution in [0.15, 0.2) is 53.4 Å². The number of thioether (sulfide) groups is 1. The van der Waals surface area contributed by atoms with E-state index in [2.05, 4.69) is 5.32 Å². The predicted octanol–water partition coefficient (Wildman–Crippen LogP) is 2.39. The molecule has 8 heteroatoms. The van der Waals surface area contributed by atoms with Crippen molar-refractivity contribution in [3.05, 3.63) is 54.1 Å². The first-order chi connectivity index (χ1) is 13.5. The fourth-order valence-electron chi connectivity index (χ4n) is 2.40. The van der Waals surface area contributed by atoms with E-state index in [1.165, 1.54) is 11.8 Å². The monoisotopic (exact) mass is 402 g/mol. The summed E-state index contributed by atoms with van der Waals surface area (Å²) in [5, 5.41) is 2.67. The predicted molar refractivity (Wildman–Crippen MR) is 107 cm³/mol. The molecule has 0 fully saturated rings. The normalized spacial score (nSPS) is 10.2. The number of aryl methyl sites for hydroxylation is 1. The second kappa shape index (κ2) is 11.0. The van der Waals surface area contributed by atoms with Crippen LogP contribution in [-0.2, 0) is 25.5 Å². The van der Waals surface area contributed by atoms with Gasteiger partial charge in [-0.25, -0.2) is 0 Å². The zero-order valence-corrected chi connectivity index (χ0v) is 16.3. The third kappa shape index (κ3) is 6.96. The fourth-order valence-corrected chi connectivity index (χ4v) is 3.14. The number of para-hydroxylation sites is 2. The number of esters is 1. The highest BCUT2D eigenvalue weighted by Crippen LogP contribution is 2.26. The first-order valence-electron chi connectivity index (χ1n) is 8.57. The topological polar surface area (TPSA) is 108 Å². The number of primary amides is 1. The van der Waals surface area contributed by atoms with Crippen molar-refractivity contribution in [2.45, 2.75) is 17.7 Å². The molecule has 3 N–H and O–H groups in total. The molecule has 7 nitrogen and oxygen atoms in total. The van der Waals surface area contributed by atoms with Crippen LogP contribution in [-0.4, -0.2) is 37.3 Å². The van der Waals surface area contributed by atoms with Crippen LogP contribution < -0.4 is 15.8 Å². The van der Waals surface area contributed by atoms with Crippen molar-refractivity contribution in [3.63, 3.8) is 0 Å². The number of ether oxygens (including phenoxy) is 2. The number of carbonyl (C=O) groups is 3. The standard InChI is InChI=1S/C20H22N2O5S/c1-26-16-8-4-2-6-14(16)10-11-20(25)27-12-19(24)22-15-7-3-5-9-17(15)28-13-18(21)23/h2-9H,10-13H2,1H3,(H2,21,23)(H,22,24). The van der Waals surface area contributed by atoms with Gasteiger partial charge in [-0.3, -0.25) is 14.4 Å². The Morgan fingerprint density at radius 2 is 1.79 bits per heavy atom. The van der Waals surface area contributed by atoms with Crippen LogP contribution in [0.2, 0.25) is 0 Å². The molecule has 148 valence electrons. The molecule has 2 amide bonds. The van der Waals surface area contributed by atoms with Gasteiger partial charge in [0, 0.05) is 11.3 Å². The summed E-state index contributed by atoms with van der Waals surface area (Å²) in [5.41, 5.74) is 6.58. The lowest BCUT2D eigenvalue weighted by Crippen LogP contribution is -2.21. The molecule has 0 heterocycles. The van der Waals surface area contributed by atoms with Crippen LogP contribution in [0.4, 0.5) is 5.69 Å². The highest BCUT2D eigenvalue weighted by Gasteiger charge is 2.12. The van der Waals surface area contributed by atoms with Crippen molar-refractivity contribution in [1.29, 1.82) is 0 Å². The number of benzene rings is 2. The van der Waals surface area contributed by atoms with Gasteiger partial charge in [-0.15, -0.1) is 11.8 Å². The average Bonchev–Trinajstić information content (AvgIpc) is 2.70. The minimum absolute atomic E-state index is 0.102. The lowest BCUT2D eigenvalue weighted by atomic mass is 10.1. The van der Waals surface area contributed by atoms with E-state index in [0.29, 0.717) is 22.8 Å². The Hall–Kier alpha value is -3.00. The van der Waals surface area contributed by atoms with Gasteiger partial charge in [0.25, 0.3) is 5.91 Å². The fraction of sp³-hybridized carbons (Fsp3) is 0.250. The van der Waals surface area contributed by atoms with Gasteiger partial charge in [0.05, 0.1) is 18.6 Å². The molecule has 0 bridgehead atoms. The Labute approximate surface area is 167 Å². The van der Waals surface area contributed by atoms with Gasteiger partial charge in [0.2, 0.25) is 5.91 Å². The number of anilines is 1. The van der Waals surface area contributed by atoms with Gasteiger partial charge < -0.3 is 20.5 Å². The molecule has 28 heavy (non-hydrogen) atoms. The molecule has 2 rings (SSSR count). The molecular weight excluding hydrogens is 380 g/mol. The van der Waals surface area contributed by atoms with E-state index in [-0.39, 0.29) is 18.8 Å². The highest BCUT2D eigenvalue weighted by atomic mass is 32.2. The van der Waals surface area contributed by atoms with Crippen molar-refractivity contribution in [3.8, 4) is 5.75 Å². The second-order valence-corrected chi connectivity index (χ2v) is 6.79. The third-order valence-electron chi connectivity index (χ3n) is 3.69. The van der Waals surface area contributed by atoms with Crippen molar-refractivity contribution in [1.82, 2.24) is 0 Å². The quantitative estimate of drug-likeness (QED) is 0.467. The molecule has 0 spiro atoms. The van der Waals surface area contributed by atoms with Gasteiger partial charge in [-0.2, -0.15) is 0 Å². The maximum absolute atomic E-state index is 12.1. The molecule has 0 aliphatic heterocycles. The van der Waals surface area contributed by atoms with E-state index < -0.39 is 17.8 Å². The summed E-state index contributed by atoms with van der Waals surface area (Å²) < 4.78 is 10.3. The molecule has 0 saturated carbocycles. The Bertz CT molecular complexity index is 841. The third-order valence-corrected chi connectivity index (χ3v) is 4.78. The molecule has 2 aromatic carbocycles.